The summed E-state index contributed by atoms with van der Waals surface area (Å²) in [5.74, 6) is -2.25. The molecule has 3 nitrogen and oxygen atoms in total. The fraction of sp³-hybridized carbons (Fsp3) is 0.364. The van der Waals surface area contributed by atoms with Gasteiger partial charge in [-0.15, -0.1) is 11.8 Å². The number of carboxylic acids is 1. The lowest BCUT2D eigenvalue weighted by Crippen LogP contribution is -2.21. The molecular formula is C11H13F2NO2S. The number of alkyl halides is 2. The Morgan fingerprint density at radius 1 is 1.41 bits per heavy atom. The second-order valence-electron chi connectivity index (χ2n) is 3.37. The average Bonchev–Trinajstić information content (AvgIpc) is 2.28. The van der Waals surface area contributed by atoms with Gasteiger partial charge in [-0.2, -0.15) is 0 Å². The number of rotatable bonds is 6. The molecule has 1 aromatic carbocycles. The zero-order valence-electron chi connectivity index (χ0n) is 8.98. The molecule has 94 valence electrons. The minimum absolute atomic E-state index is 0.0540. The molecule has 0 fully saturated rings. The van der Waals surface area contributed by atoms with Crippen LogP contribution in [0.25, 0.3) is 0 Å². The van der Waals surface area contributed by atoms with Gasteiger partial charge in [-0.05, 0) is 11.6 Å². The van der Waals surface area contributed by atoms with Crippen LogP contribution in [0.5, 0.6) is 0 Å². The summed E-state index contributed by atoms with van der Waals surface area (Å²) in [6.45, 7) is -0.0540. The van der Waals surface area contributed by atoms with Crippen molar-refractivity contribution >= 4 is 17.7 Å². The molecular weight excluding hydrogens is 248 g/mol. The van der Waals surface area contributed by atoms with Crippen LogP contribution in [0, 0.1) is 0 Å². The number of nitrogens with two attached hydrogens (primary N) is 1. The second-order valence-corrected chi connectivity index (χ2v) is 4.43. The number of carbonyl (C=O) groups is 1. The highest BCUT2D eigenvalue weighted by Gasteiger charge is 2.21. The van der Waals surface area contributed by atoms with E-state index < -0.39 is 18.3 Å². The number of aliphatic carboxylic acids is 1. The SMILES string of the molecule is NCC(C(=O)O)c1ccccc1SCC(F)F. The Morgan fingerprint density at radius 2 is 2.06 bits per heavy atom. The van der Waals surface area contributed by atoms with Gasteiger partial charge in [0.15, 0.2) is 0 Å². The highest BCUT2D eigenvalue weighted by molar-refractivity contribution is 7.99. The van der Waals surface area contributed by atoms with E-state index in [1.807, 2.05) is 0 Å². The monoisotopic (exact) mass is 261 g/mol. The number of halogens is 2. The van der Waals surface area contributed by atoms with Crippen molar-refractivity contribution in [2.45, 2.75) is 17.2 Å². The summed E-state index contributed by atoms with van der Waals surface area (Å²) in [7, 11) is 0. The molecule has 0 bridgehead atoms. The molecule has 6 heteroatoms. The number of hydrogen-bond donors (Lipinski definition) is 2. The van der Waals surface area contributed by atoms with Gasteiger partial charge in [0, 0.05) is 11.4 Å². The molecule has 1 rings (SSSR count). The quantitative estimate of drug-likeness (QED) is 0.770. The van der Waals surface area contributed by atoms with Crippen LogP contribution in [0.1, 0.15) is 11.5 Å². The molecule has 0 radical (unpaired) electrons. The Labute approximate surface area is 102 Å². The standard InChI is InChI=1S/C11H13F2NO2S/c12-10(13)6-17-9-4-2-1-3-7(9)8(5-14)11(15)16/h1-4,8,10H,5-6,14H2,(H,15,16). The maximum atomic E-state index is 12.1. The third kappa shape index (κ3) is 3.98. The minimum atomic E-state index is -2.42. The van der Waals surface area contributed by atoms with Gasteiger partial charge in [0.25, 0.3) is 0 Å². The van der Waals surface area contributed by atoms with E-state index in [1.165, 1.54) is 0 Å². The molecule has 1 unspecified atom stereocenters. The molecule has 0 spiro atoms. The van der Waals surface area contributed by atoms with Crippen LogP contribution in [0.3, 0.4) is 0 Å². The van der Waals surface area contributed by atoms with Gasteiger partial charge in [-0.25, -0.2) is 8.78 Å². The van der Waals surface area contributed by atoms with Crippen molar-refractivity contribution in [3.63, 3.8) is 0 Å². The minimum Gasteiger partial charge on any atom is -0.481 e. The molecule has 1 atom stereocenters. The second kappa shape index (κ2) is 6.56. The molecule has 3 N–H and O–H groups in total. The topological polar surface area (TPSA) is 63.3 Å². The molecule has 17 heavy (non-hydrogen) atoms. The van der Waals surface area contributed by atoms with E-state index in [9.17, 15) is 13.6 Å². The average molecular weight is 261 g/mol. The van der Waals surface area contributed by atoms with E-state index in [0.717, 1.165) is 11.8 Å². The van der Waals surface area contributed by atoms with E-state index in [1.54, 1.807) is 24.3 Å². The molecule has 0 heterocycles. The van der Waals surface area contributed by atoms with Crippen molar-refractivity contribution in [1.29, 1.82) is 0 Å². The number of hydrogen-bond acceptors (Lipinski definition) is 3. The Balaban J connectivity index is 2.93. The van der Waals surface area contributed by atoms with Crippen molar-refractivity contribution < 1.29 is 18.7 Å². The van der Waals surface area contributed by atoms with Gasteiger partial charge in [0.1, 0.15) is 0 Å². The maximum Gasteiger partial charge on any atom is 0.312 e. The van der Waals surface area contributed by atoms with E-state index in [0.29, 0.717) is 10.5 Å². The van der Waals surface area contributed by atoms with Crippen LogP contribution >= 0.6 is 11.8 Å². The van der Waals surface area contributed by atoms with Gasteiger partial charge >= 0.3 is 5.97 Å². The van der Waals surface area contributed by atoms with Crippen molar-refractivity contribution in [1.82, 2.24) is 0 Å². The first kappa shape index (κ1) is 13.9. The molecule has 0 saturated carbocycles. The zero-order valence-corrected chi connectivity index (χ0v) is 9.79. The molecule has 0 saturated heterocycles. The molecule has 0 aliphatic heterocycles. The molecule has 1 aromatic rings. The van der Waals surface area contributed by atoms with Crippen LogP contribution < -0.4 is 5.73 Å². The summed E-state index contributed by atoms with van der Waals surface area (Å²) in [5, 5.41) is 8.99. The van der Waals surface area contributed by atoms with Crippen LogP contribution in [-0.4, -0.2) is 29.8 Å². The maximum absolute atomic E-state index is 12.1. The Bertz CT molecular complexity index is 387. The summed E-state index contributed by atoms with van der Waals surface area (Å²) in [4.78, 5) is 11.5. The fourth-order valence-corrected chi connectivity index (χ4v) is 2.27. The summed E-state index contributed by atoms with van der Waals surface area (Å²) in [5.41, 5.74) is 5.89. The normalized spacial score (nSPS) is 12.7. The summed E-state index contributed by atoms with van der Waals surface area (Å²) < 4.78 is 24.3. The summed E-state index contributed by atoms with van der Waals surface area (Å²) in [6.07, 6.45) is -2.42. The Kier molecular flexibility index (Phi) is 5.37. The Hall–Kier alpha value is -1.14. The Morgan fingerprint density at radius 3 is 2.59 bits per heavy atom. The number of thioether (sulfide) groups is 1. The van der Waals surface area contributed by atoms with Crippen LogP contribution in [0.4, 0.5) is 8.78 Å². The van der Waals surface area contributed by atoms with Crippen LogP contribution in [0.15, 0.2) is 29.2 Å². The van der Waals surface area contributed by atoms with E-state index in [2.05, 4.69) is 0 Å². The smallest absolute Gasteiger partial charge is 0.312 e. The first-order valence-corrected chi connectivity index (χ1v) is 5.97. The molecule has 0 aromatic heterocycles. The number of carboxylic acid groups (broad SMARTS) is 1. The van der Waals surface area contributed by atoms with Crippen molar-refractivity contribution in [2.75, 3.05) is 12.3 Å². The van der Waals surface area contributed by atoms with Crippen molar-refractivity contribution in [3.8, 4) is 0 Å². The lowest BCUT2D eigenvalue weighted by molar-refractivity contribution is -0.138. The predicted molar refractivity (Wildman–Crippen MR) is 62.6 cm³/mol. The first-order valence-electron chi connectivity index (χ1n) is 4.99. The van der Waals surface area contributed by atoms with E-state index >= 15 is 0 Å². The lowest BCUT2D eigenvalue weighted by atomic mass is 10.00. The molecule has 0 amide bonds. The summed E-state index contributed by atoms with van der Waals surface area (Å²) in [6, 6.07) is 6.60. The van der Waals surface area contributed by atoms with Gasteiger partial charge in [-0.3, -0.25) is 4.79 Å². The van der Waals surface area contributed by atoms with E-state index in [4.69, 9.17) is 10.8 Å². The molecule has 0 aliphatic rings. The zero-order chi connectivity index (χ0) is 12.8. The molecule has 0 aliphatic carbocycles. The first-order chi connectivity index (χ1) is 8.06. The van der Waals surface area contributed by atoms with Crippen LogP contribution in [-0.2, 0) is 4.79 Å². The third-order valence-electron chi connectivity index (χ3n) is 2.19. The van der Waals surface area contributed by atoms with E-state index in [-0.39, 0.29) is 12.3 Å². The van der Waals surface area contributed by atoms with Gasteiger partial charge in [0.05, 0.1) is 11.7 Å². The van der Waals surface area contributed by atoms with Gasteiger partial charge in [0.2, 0.25) is 6.43 Å². The van der Waals surface area contributed by atoms with Crippen molar-refractivity contribution in [3.05, 3.63) is 29.8 Å². The van der Waals surface area contributed by atoms with Crippen LogP contribution in [0.2, 0.25) is 0 Å². The predicted octanol–water partition coefficient (Wildman–Crippen LogP) is 2.17. The lowest BCUT2D eigenvalue weighted by Gasteiger charge is -2.14. The van der Waals surface area contributed by atoms with Gasteiger partial charge in [-0.1, -0.05) is 18.2 Å². The fourth-order valence-electron chi connectivity index (χ4n) is 1.41. The third-order valence-corrected chi connectivity index (χ3v) is 3.29. The summed E-state index contributed by atoms with van der Waals surface area (Å²) >= 11 is 0.947. The van der Waals surface area contributed by atoms with Gasteiger partial charge < -0.3 is 10.8 Å². The highest BCUT2D eigenvalue weighted by atomic mass is 32.2. The van der Waals surface area contributed by atoms with Crippen molar-refractivity contribution in [2.24, 2.45) is 5.73 Å². The largest absolute Gasteiger partial charge is 0.481 e. The number of benzene rings is 1. The highest BCUT2D eigenvalue weighted by Crippen LogP contribution is 2.29.